The summed E-state index contributed by atoms with van der Waals surface area (Å²) in [6.07, 6.45) is 0. The Balaban J connectivity index is 1.46. The summed E-state index contributed by atoms with van der Waals surface area (Å²) in [4.78, 5) is 39.6. The molecule has 3 heterocycles. The first-order valence-corrected chi connectivity index (χ1v) is 14.8. The SMILES string of the molecule is Cc1cc(S(=O)(=O)N2CCNCC2)[nH]c1C(=O)NC12C(=O)c3cccc(OO[N])c3C1(O)Oc1cc(C(C)C)ccc12. The van der Waals surface area contributed by atoms with Crippen LogP contribution >= 0.6 is 0 Å². The number of nitrogens with one attached hydrogen (secondary N) is 3. The molecule has 1 fully saturated rings. The predicted octanol–water partition coefficient (Wildman–Crippen LogP) is 1.39. The van der Waals surface area contributed by atoms with Gasteiger partial charge in [-0.05, 0) is 47.2 Å². The van der Waals surface area contributed by atoms with Crippen LogP contribution in [0, 0.1) is 6.92 Å². The van der Waals surface area contributed by atoms with Crippen molar-refractivity contribution >= 4 is 21.7 Å². The van der Waals surface area contributed by atoms with Gasteiger partial charge in [-0.2, -0.15) is 4.31 Å². The minimum atomic E-state index is -3.92. The van der Waals surface area contributed by atoms with Crippen LogP contribution in [0.15, 0.2) is 47.5 Å². The van der Waals surface area contributed by atoms with Crippen molar-refractivity contribution in [1.82, 2.24) is 25.8 Å². The van der Waals surface area contributed by atoms with Crippen molar-refractivity contribution in [2.24, 2.45) is 0 Å². The molecule has 2 aliphatic heterocycles. The van der Waals surface area contributed by atoms with Gasteiger partial charge in [-0.1, -0.05) is 38.1 Å². The second-order valence-electron chi connectivity index (χ2n) is 10.9. The zero-order chi connectivity index (χ0) is 30.0. The molecule has 0 spiro atoms. The number of hydrogen-bond donors (Lipinski definition) is 4. The van der Waals surface area contributed by atoms with Crippen LogP contribution in [0.25, 0.3) is 0 Å². The van der Waals surface area contributed by atoms with Gasteiger partial charge in [0, 0.05) is 37.3 Å². The topological polar surface area (TPSA) is 182 Å². The minimum absolute atomic E-state index is 0.0314. The Bertz CT molecular complexity index is 1710. The van der Waals surface area contributed by atoms with E-state index in [1.165, 1.54) is 28.6 Å². The number of hydrogen-bond acceptors (Lipinski definition) is 9. The van der Waals surface area contributed by atoms with Gasteiger partial charge in [0.2, 0.25) is 11.3 Å². The molecule has 3 aromatic rings. The lowest BCUT2D eigenvalue weighted by molar-refractivity contribution is -0.229. The smallest absolute Gasteiger partial charge is 0.274 e. The first-order chi connectivity index (χ1) is 20.0. The van der Waals surface area contributed by atoms with Crippen LogP contribution in [-0.4, -0.2) is 60.7 Å². The first kappa shape index (κ1) is 28.3. The Kier molecular flexibility index (Phi) is 6.68. The molecule has 220 valence electrons. The third kappa shape index (κ3) is 3.91. The molecule has 1 amide bonds. The molecule has 42 heavy (non-hydrogen) atoms. The molecule has 1 saturated heterocycles. The van der Waals surface area contributed by atoms with E-state index in [9.17, 15) is 23.1 Å². The monoisotopic (exact) mass is 595 g/mol. The lowest BCUT2D eigenvalue weighted by Crippen LogP contribution is -2.60. The highest BCUT2D eigenvalue weighted by Crippen LogP contribution is 2.60. The van der Waals surface area contributed by atoms with E-state index in [4.69, 9.17) is 15.5 Å². The highest BCUT2D eigenvalue weighted by atomic mass is 32.2. The van der Waals surface area contributed by atoms with Gasteiger partial charge in [0.15, 0.2) is 5.75 Å². The number of ether oxygens (including phenoxy) is 1. The normalized spacial score (nSPS) is 23.3. The van der Waals surface area contributed by atoms with Crippen molar-refractivity contribution in [2.45, 2.75) is 43.0 Å². The van der Waals surface area contributed by atoms with Gasteiger partial charge >= 0.3 is 0 Å². The highest BCUT2D eigenvalue weighted by Gasteiger charge is 2.73. The van der Waals surface area contributed by atoms with Crippen LogP contribution in [0.5, 0.6) is 11.5 Å². The lowest BCUT2D eigenvalue weighted by Gasteiger charge is -2.34. The van der Waals surface area contributed by atoms with Crippen molar-refractivity contribution in [3.63, 3.8) is 0 Å². The molecule has 4 N–H and O–H groups in total. The van der Waals surface area contributed by atoms with E-state index < -0.39 is 33.0 Å². The van der Waals surface area contributed by atoms with Gasteiger partial charge < -0.3 is 30.3 Å². The number of sulfonamides is 1. The fourth-order valence-electron chi connectivity index (χ4n) is 5.97. The number of fused-ring (bicyclic) bond motifs is 5. The maximum Gasteiger partial charge on any atom is 0.274 e. The van der Waals surface area contributed by atoms with Crippen LogP contribution in [0.4, 0.5) is 0 Å². The van der Waals surface area contributed by atoms with Gasteiger partial charge in [0.1, 0.15) is 16.5 Å². The third-order valence-corrected chi connectivity index (χ3v) is 9.95. The number of benzene rings is 2. The number of Topliss-reactive ketones (excluding diaryl/α,β-unsaturated/α-hetero) is 1. The van der Waals surface area contributed by atoms with Crippen molar-refractivity contribution < 1.29 is 37.7 Å². The van der Waals surface area contributed by atoms with E-state index in [-0.39, 0.29) is 57.9 Å². The largest absolute Gasteiger partial charge is 0.454 e. The Hall–Kier alpha value is -3.79. The quantitative estimate of drug-likeness (QED) is 0.232. The molecule has 2 radical (unpaired) electrons. The number of H-pyrrole nitrogens is 1. The van der Waals surface area contributed by atoms with Crippen LogP contribution in [0.1, 0.15) is 62.9 Å². The molecule has 1 aliphatic carbocycles. The minimum Gasteiger partial charge on any atom is -0.454 e. The highest BCUT2D eigenvalue weighted by molar-refractivity contribution is 7.89. The zero-order valence-corrected chi connectivity index (χ0v) is 23.9. The molecular weight excluding hydrogens is 566 g/mol. The Morgan fingerprint density at radius 2 is 1.93 bits per heavy atom. The number of nitrogens with zero attached hydrogens (tertiary/aromatic N) is 2. The van der Waals surface area contributed by atoms with Crippen LogP contribution < -0.4 is 26.2 Å². The second kappa shape index (κ2) is 9.90. The van der Waals surface area contributed by atoms with Gasteiger partial charge in [-0.3, -0.25) is 9.59 Å². The van der Waals surface area contributed by atoms with Crippen molar-refractivity contribution in [3.8, 4) is 11.5 Å². The first-order valence-electron chi connectivity index (χ1n) is 13.4. The van der Waals surface area contributed by atoms with Crippen molar-refractivity contribution in [2.75, 3.05) is 26.2 Å². The maximum atomic E-state index is 14.2. The number of carbonyl (C=O) groups is 2. The molecule has 2 atom stereocenters. The summed E-state index contributed by atoms with van der Waals surface area (Å²) in [5.41, 5.74) is -1.12. The number of aromatic amines is 1. The summed E-state index contributed by atoms with van der Waals surface area (Å²) in [5.74, 6) is 4.97. The van der Waals surface area contributed by atoms with E-state index in [2.05, 4.69) is 20.6 Å². The van der Waals surface area contributed by atoms with E-state index in [0.29, 0.717) is 18.7 Å². The molecule has 2 aromatic carbocycles. The summed E-state index contributed by atoms with van der Waals surface area (Å²) in [6, 6.07) is 10.7. The van der Waals surface area contributed by atoms with Crippen molar-refractivity contribution in [3.05, 3.63) is 76.0 Å². The summed E-state index contributed by atoms with van der Waals surface area (Å²) in [6.45, 7) is 7.06. The van der Waals surface area contributed by atoms with E-state index in [1.54, 1.807) is 25.1 Å². The van der Waals surface area contributed by atoms with Crippen LogP contribution in [-0.2, 0) is 26.3 Å². The predicted molar refractivity (Wildman–Crippen MR) is 146 cm³/mol. The van der Waals surface area contributed by atoms with Crippen LogP contribution in [0.3, 0.4) is 0 Å². The fourth-order valence-corrected chi connectivity index (χ4v) is 7.47. The number of amides is 1. The Morgan fingerprint density at radius 1 is 1.19 bits per heavy atom. The zero-order valence-electron chi connectivity index (χ0n) is 23.1. The number of aliphatic hydroxyl groups is 1. The molecule has 3 aliphatic rings. The molecule has 13 nitrogen and oxygen atoms in total. The van der Waals surface area contributed by atoms with E-state index in [1.807, 2.05) is 13.8 Å². The lowest BCUT2D eigenvalue weighted by atomic mass is 9.82. The molecule has 14 heteroatoms. The van der Waals surface area contributed by atoms with Gasteiger partial charge in [-0.15, -0.1) is 0 Å². The average molecular weight is 596 g/mol. The molecule has 0 saturated carbocycles. The number of ketones is 1. The summed E-state index contributed by atoms with van der Waals surface area (Å²) >= 11 is 0. The van der Waals surface area contributed by atoms with E-state index >= 15 is 0 Å². The third-order valence-electron chi connectivity index (χ3n) is 8.13. The van der Waals surface area contributed by atoms with Crippen LogP contribution in [0.2, 0.25) is 0 Å². The summed E-state index contributed by atoms with van der Waals surface area (Å²) in [5, 5.41) is 17.9. The Labute approximate surface area is 241 Å². The van der Waals surface area contributed by atoms with E-state index in [0.717, 1.165) is 5.56 Å². The van der Waals surface area contributed by atoms with Gasteiger partial charge in [-0.25, -0.2) is 8.42 Å². The van der Waals surface area contributed by atoms with Gasteiger partial charge in [0.25, 0.3) is 21.7 Å². The summed E-state index contributed by atoms with van der Waals surface area (Å²) < 4.78 is 34.0. The molecule has 2 unspecified atom stereocenters. The maximum absolute atomic E-state index is 14.2. The molecule has 0 bridgehead atoms. The number of piperazine rings is 1. The standard InChI is InChI=1S/C28H29N5O8S/c1-15(2)17-7-8-19-21(14-17)39-28(36)23-18(5-4-6-20(23)40-41-29)25(34)27(19,28)32-26(35)24-16(3)13-22(31-24)42(37,38)33-11-9-30-10-12-33/h4-8,13-15,30-31,36H,9-12H2,1-3H3,(H,32,35). The second-order valence-corrected chi connectivity index (χ2v) is 12.8. The average Bonchev–Trinajstić information content (AvgIpc) is 3.54. The number of rotatable bonds is 7. The van der Waals surface area contributed by atoms with Gasteiger partial charge in [0.05, 0.1) is 11.5 Å². The van der Waals surface area contributed by atoms with Crippen molar-refractivity contribution in [1.29, 1.82) is 0 Å². The number of aromatic nitrogens is 1. The molecular formula is C28H29N5O8S. The fraction of sp³-hybridized carbons (Fsp3) is 0.357. The number of carbonyl (C=O) groups excluding carboxylic acids is 2. The molecule has 1 aromatic heterocycles. The number of aryl methyl sites for hydroxylation is 1. The molecule has 6 rings (SSSR count). The summed E-state index contributed by atoms with van der Waals surface area (Å²) in [7, 11) is -3.92. The Morgan fingerprint density at radius 3 is 2.62 bits per heavy atom.